The summed E-state index contributed by atoms with van der Waals surface area (Å²) in [6.07, 6.45) is 4.16. The lowest BCUT2D eigenvalue weighted by atomic mass is 10.3. The van der Waals surface area contributed by atoms with E-state index < -0.39 is 9.73 Å². The second kappa shape index (κ2) is 3.63. The fraction of sp³-hybridized carbons (Fsp3) is 0.500. The summed E-state index contributed by atoms with van der Waals surface area (Å²) >= 11 is 0. The van der Waals surface area contributed by atoms with Crippen molar-refractivity contribution in [2.75, 3.05) is 5.73 Å². The largest absolute Gasteiger partial charge is 0.488 e. The standard InChI is InChI=1S/C12H16N2O2S/c13-11-6-5-10(17(14,15)9-3-4-9)7-12(11)16-8-1-2-8/h5-9,14H,1-4,13H2. The van der Waals surface area contributed by atoms with Crippen molar-refractivity contribution < 1.29 is 8.95 Å². The predicted molar refractivity (Wildman–Crippen MR) is 66.7 cm³/mol. The van der Waals surface area contributed by atoms with Crippen molar-refractivity contribution in [2.24, 2.45) is 0 Å². The maximum atomic E-state index is 12.3. The van der Waals surface area contributed by atoms with Crippen molar-refractivity contribution >= 4 is 15.4 Å². The van der Waals surface area contributed by atoms with E-state index in [4.69, 9.17) is 15.3 Å². The molecular weight excluding hydrogens is 236 g/mol. The van der Waals surface area contributed by atoms with Crippen LogP contribution in [0, 0.1) is 4.78 Å². The highest BCUT2D eigenvalue weighted by molar-refractivity contribution is 7.93. The summed E-state index contributed by atoms with van der Waals surface area (Å²) in [6, 6.07) is 5.09. The van der Waals surface area contributed by atoms with Gasteiger partial charge < -0.3 is 10.5 Å². The van der Waals surface area contributed by atoms with Crippen molar-refractivity contribution in [1.82, 2.24) is 0 Å². The molecule has 0 bridgehead atoms. The molecule has 2 aliphatic rings. The van der Waals surface area contributed by atoms with Crippen molar-refractivity contribution in [2.45, 2.75) is 41.9 Å². The molecule has 2 aliphatic carbocycles. The van der Waals surface area contributed by atoms with Crippen LogP contribution in [-0.2, 0) is 9.73 Å². The lowest BCUT2D eigenvalue weighted by molar-refractivity contribution is 0.304. The molecule has 92 valence electrons. The first-order valence-electron chi connectivity index (χ1n) is 5.91. The van der Waals surface area contributed by atoms with Gasteiger partial charge in [-0.2, -0.15) is 0 Å². The average molecular weight is 252 g/mol. The van der Waals surface area contributed by atoms with Gasteiger partial charge in [-0.3, -0.25) is 0 Å². The fourth-order valence-corrected chi connectivity index (χ4v) is 3.50. The molecule has 1 aromatic carbocycles. The Kier molecular flexibility index (Phi) is 2.33. The highest BCUT2D eigenvalue weighted by Gasteiger charge is 2.34. The minimum absolute atomic E-state index is 0.0277. The highest BCUT2D eigenvalue weighted by atomic mass is 32.2. The van der Waals surface area contributed by atoms with Crippen LogP contribution in [-0.4, -0.2) is 15.6 Å². The molecule has 4 nitrogen and oxygen atoms in total. The lowest BCUT2D eigenvalue weighted by Gasteiger charge is -2.11. The normalized spacial score (nSPS) is 23.1. The molecular formula is C12H16N2O2S. The Hall–Kier alpha value is -1.23. The number of rotatable bonds is 4. The minimum atomic E-state index is -2.66. The first-order valence-corrected chi connectivity index (χ1v) is 7.53. The number of nitrogens with two attached hydrogens (primary N) is 1. The van der Waals surface area contributed by atoms with Crippen LogP contribution in [0.3, 0.4) is 0 Å². The van der Waals surface area contributed by atoms with Gasteiger partial charge >= 0.3 is 0 Å². The molecule has 3 rings (SSSR count). The van der Waals surface area contributed by atoms with Gasteiger partial charge in [0, 0.05) is 5.25 Å². The Bertz CT molecular complexity index is 546. The Labute approximate surface area is 101 Å². The van der Waals surface area contributed by atoms with E-state index in [1.807, 2.05) is 0 Å². The van der Waals surface area contributed by atoms with Gasteiger partial charge in [0.1, 0.15) is 5.75 Å². The van der Waals surface area contributed by atoms with E-state index in [1.165, 1.54) is 0 Å². The van der Waals surface area contributed by atoms with E-state index >= 15 is 0 Å². The van der Waals surface area contributed by atoms with Crippen molar-refractivity contribution in [3.63, 3.8) is 0 Å². The molecule has 0 aliphatic heterocycles. The Morgan fingerprint density at radius 1 is 1.29 bits per heavy atom. The number of hydrogen-bond donors (Lipinski definition) is 2. The van der Waals surface area contributed by atoms with Crippen LogP contribution in [0.5, 0.6) is 5.75 Å². The third-order valence-electron chi connectivity index (χ3n) is 3.15. The Morgan fingerprint density at radius 3 is 2.59 bits per heavy atom. The molecule has 5 heteroatoms. The Balaban J connectivity index is 1.94. The van der Waals surface area contributed by atoms with Gasteiger partial charge in [0.05, 0.1) is 26.4 Å². The van der Waals surface area contributed by atoms with Gasteiger partial charge in [0.25, 0.3) is 0 Å². The van der Waals surface area contributed by atoms with Crippen LogP contribution in [0.1, 0.15) is 25.7 Å². The van der Waals surface area contributed by atoms with Gasteiger partial charge in [-0.25, -0.2) is 8.99 Å². The molecule has 2 saturated carbocycles. The van der Waals surface area contributed by atoms with E-state index in [0.29, 0.717) is 16.3 Å². The number of nitrogen functional groups attached to an aromatic ring is 1. The number of benzene rings is 1. The van der Waals surface area contributed by atoms with E-state index in [2.05, 4.69) is 0 Å². The first-order chi connectivity index (χ1) is 8.07. The quantitative estimate of drug-likeness (QED) is 0.808. The first kappa shape index (κ1) is 10.9. The van der Waals surface area contributed by atoms with Crippen molar-refractivity contribution in [1.29, 1.82) is 4.78 Å². The monoisotopic (exact) mass is 252 g/mol. The topological polar surface area (TPSA) is 76.2 Å². The van der Waals surface area contributed by atoms with E-state index in [9.17, 15) is 4.21 Å². The molecule has 0 spiro atoms. The summed E-state index contributed by atoms with van der Waals surface area (Å²) in [6.45, 7) is 0. The van der Waals surface area contributed by atoms with Gasteiger partial charge in [-0.1, -0.05) is 0 Å². The molecule has 0 amide bonds. The van der Waals surface area contributed by atoms with E-state index in [0.717, 1.165) is 25.7 Å². The lowest BCUT2D eigenvalue weighted by Crippen LogP contribution is -2.07. The average Bonchev–Trinajstić information content (AvgIpc) is 3.15. The van der Waals surface area contributed by atoms with Crippen LogP contribution in [0.25, 0.3) is 0 Å². The molecule has 17 heavy (non-hydrogen) atoms. The SMILES string of the molecule is N=S(=O)(c1ccc(N)c(OC2CC2)c1)C1CC1. The number of nitrogens with one attached hydrogen (secondary N) is 1. The number of anilines is 1. The number of hydrogen-bond acceptors (Lipinski definition) is 4. The molecule has 1 atom stereocenters. The van der Waals surface area contributed by atoms with Crippen LogP contribution in [0.4, 0.5) is 5.69 Å². The third kappa shape index (κ3) is 2.11. The molecule has 1 aromatic rings. The molecule has 0 radical (unpaired) electrons. The number of ether oxygens (including phenoxy) is 1. The predicted octanol–water partition coefficient (Wildman–Crippen LogP) is 2.38. The zero-order chi connectivity index (χ0) is 12.0. The van der Waals surface area contributed by atoms with Gasteiger partial charge in [0.2, 0.25) is 0 Å². The molecule has 1 unspecified atom stereocenters. The summed E-state index contributed by atoms with van der Waals surface area (Å²) in [4.78, 5) is 0.560. The fourth-order valence-electron chi connectivity index (χ4n) is 1.76. The summed E-state index contributed by atoms with van der Waals surface area (Å²) in [7, 11) is -2.66. The molecule has 0 aromatic heterocycles. The van der Waals surface area contributed by atoms with E-state index in [1.54, 1.807) is 18.2 Å². The third-order valence-corrected chi connectivity index (χ3v) is 5.51. The van der Waals surface area contributed by atoms with Crippen LogP contribution in [0.2, 0.25) is 0 Å². The maximum Gasteiger partial charge on any atom is 0.143 e. The summed E-state index contributed by atoms with van der Waals surface area (Å²) in [5, 5.41) is 0.0277. The molecule has 0 heterocycles. The van der Waals surface area contributed by atoms with Crippen molar-refractivity contribution in [3.05, 3.63) is 18.2 Å². The molecule has 3 N–H and O–H groups in total. The molecule has 0 saturated heterocycles. The van der Waals surface area contributed by atoms with E-state index in [-0.39, 0.29) is 11.4 Å². The summed E-state index contributed by atoms with van der Waals surface area (Å²) in [5.41, 5.74) is 6.38. The minimum Gasteiger partial charge on any atom is -0.488 e. The highest BCUT2D eigenvalue weighted by Crippen LogP contribution is 2.37. The van der Waals surface area contributed by atoms with Gasteiger partial charge in [0.15, 0.2) is 0 Å². The maximum absolute atomic E-state index is 12.3. The van der Waals surface area contributed by atoms with Crippen molar-refractivity contribution in [3.8, 4) is 5.75 Å². The zero-order valence-corrected chi connectivity index (χ0v) is 10.3. The second-order valence-corrected chi connectivity index (χ2v) is 7.16. The van der Waals surface area contributed by atoms with Gasteiger partial charge in [-0.05, 0) is 43.9 Å². The smallest absolute Gasteiger partial charge is 0.143 e. The Morgan fingerprint density at radius 2 is 2.00 bits per heavy atom. The van der Waals surface area contributed by atoms with Crippen LogP contribution >= 0.6 is 0 Å². The zero-order valence-electron chi connectivity index (χ0n) is 9.52. The van der Waals surface area contributed by atoms with Crippen LogP contribution < -0.4 is 10.5 Å². The molecule has 2 fully saturated rings. The summed E-state index contributed by atoms with van der Waals surface area (Å²) < 4.78 is 25.9. The van der Waals surface area contributed by atoms with Crippen LogP contribution in [0.15, 0.2) is 23.1 Å². The van der Waals surface area contributed by atoms with Gasteiger partial charge in [-0.15, -0.1) is 0 Å². The second-order valence-electron chi connectivity index (χ2n) is 4.82. The summed E-state index contributed by atoms with van der Waals surface area (Å²) in [5.74, 6) is 0.589.